The van der Waals surface area contributed by atoms with Crippen molar-refractivity contribution in [2.24, 2.45) is 0 Å². The van der Waals surface area contributed by atoms with Gasteiger partial charge in [-0.25, -0.2) is 25.3 Å². The Labute approximate surface area is 289 Å². The quantitative estimate of drug-likeness (QED) is 0.0505. The lowest BCUT2D eigenvalue weighted by atomic mass is 10.0. The Kier molecular flexibility index (Phi) is 14.7. The summed E-state index contributed by atoms with van der Waals surface area (Å²) < 4.78 is 108. The summed E-state index contributed by atoms with van der Waals surface area (Å²) in [6.45, 7) is 2.20. The number of nitrogens with zero attached hydrogens (tertiary/aromatic N) is 2. The molecule has 3 aromatic carbocycles. The SMILES string of the molecule is Cc1ccccc1[S+](c1ccccc1)c1ccccc1.O=S(=O)([O-])C(F)(F)F.[N-]=[N+]=C(S(=O)(=O)C1CCCCC1)S(=O)(=O)C1CCCCC1. The Bertz CT molecular complexity index is 1800. The first-order valence-electron chi connectivity index (χ1n) is 15.6. The average molecular weight is 761 g/mol. The van der Waals surface area contributed by atoms with Gasteiger partial charge in [-0.05, 0) is 62.9 Å². The van der Waals surface area contributed by atoms with Crippen molar-refractivity contribution < 1.29 is 47.8 Å². The molecular weight excluding hydrogens is 722 g/mol. The van der Waals surface area contributed by atoms with E-state index in [9.17, 15) is 30.0 Å². The highest BCUT2D eigenvalue weighted by Gasteiger charge is 2.50. The molecule has 0 amide bonds. The van der Waals surface area contributed by atoms with Gasteiger partial charge in [0, 0.05) is 5.56 Å². The molecule has 2 aliphatic rings. The third-order valence-electron chi connectivity index (χ3n) is 8.11. The van der Waals surface area contributed by atoms with Crippen molar-refractivity contribution in [3.63, 3.8) is 0 Å². The molecule has 0 radical (unpaired) electrons. The number of benzene rings is 3. The van der Waals surface area contributed by atoms with Crippen molar-refractivity contribution in [2.45, 2.75) is 102 Å². The molecule has 0 aliphatic heterocycles. The molecule has 49 heavy (non-hydrogen) atoms. The third kappa shape index (κ3) is 11.0. The van der Waals surface area contributed by atoms with Crippen LogP contribution in [0.5, 0.6) is 0 Å². The minimum Gasteiger partial charge on any atom is -0.741 e. The number of alkyl halides is 3. The van der Waals surface area contributed by atoms with Crippen LogP contribution in [0.25, 0.3) is 5.53 Å². The van der Waals surface area contributed by atoms with Gasteiger partial charge in [-0.1, -0.05) is 93.1 Å². The summed E-state index contributed by atoms with van der Waals surface area (Å²) in [4.78, 5) is 6.87. The van der Waals surface area contributed by atoms with E-state index >= 15 is 0 Å². The third-order valence-corrected chi connectivity index (χ3v) is 16.3. The largest absolute Gasteiger partial charge is 0.741 e. The van der Waals surface area contributed by atoms with Crippen molar-refractivity contribution >= 4 is 45.1 Å². The highest BCUT2D eigenvalue weighted by Crippen LogP contribution is 2.33. The molecule has 9 nitrogen and oxygen atoms in total. The molecule has 0 saturated heterocycles. The molecule has 5 rings (SSSR count). The molecule has 16 heteroatoms. The first-order valence-corrected chi connectivity index (χ1v) is 21.4. The second-order valence-electron chi connectivity index (χ2n) is 11.6. The average Bonchev–Trinajstić information content (AvgIpc) is 3.07. The van der Waals surface area contributed by atoms with E-state index in [4.69, 9.17) is 18.5 Å². The lowest BCUT2D eigenvalue weighted by Gasteiger charge is -2.22. The highest BCUT2D eigenvalue weighted by atomic mass is 32.3. The minimum atomic E-state index is -6.09. The summed E-state index contributed by atoms with van der Waals surface area (Å²) >= 11 is 0. The summed E-state index contributed by atoms with van der Waals surface area (Å²) in [5, 5.41) is -1.45. The van der Waals surface area contributed by atoms with Crippen molar-refractivity contribution in [3.05, 3.63) is 96.0 Å². The van der Waals surface area contributed by atoms with E-state index in [1.807, 2.05) is 0 Å². The number of hydrogen-bond acceptors (Lipinski definition) is 7. The molecule has 268 valence electrons. The fourth-order valence-electron chi connectivity index (χ4n) is 5.60. The standard InChI is InChI=1S/C19H17S.C13H22N2O4S2.CHF3O3S/c1-16-10-8-9-15-19(16)20(17-11-4-2-5-12-17)18-13-6-3-7-14-18;14-15-13(20(16,17)11-7-3-1-4-8-11)21(18,19)12-9-5-2-6-10-12;2-1(3,4)8(5,6)7/h2-15H,1H3;11-12H,1-10H2;(H,5,6,7)/q+1;;/p-1. The fourth-order valence-corrected chi connectivity index (χ4v) is 12.7. The molecule has 0 unspecified atom stereocenters. The van der Waals surface area contributed by atoms with Gasteiger partial charge in [-0.15, -0.1) is 4.79 Å². The Morgan fingerprint density at radius 3 is 1.35 bits per heavy atom. The van der Waals surface area contributed by atoms with Gasteiger partial charge in [0.15, 0.2) is 24.8 Å². The van der Waals surface area contributed by atoms with Crippen LogP contribution >= 0.6 is 0 Å². The van der Waals surface area contributed by atoms with Crippen molar-refractivity contribution in [2.75, 3.05) is 0 Å². The number of sulfone groups is 2. The lowest BCUT2D eigenvalue weighted by Crippen LogP contribution is -2.40. The summed E-state index contributed by atoms with van der Waals surface area (Å²) in [6.07, 6.45) is 6.79. The van der Waals surface area contributed by atoms with E-state index in [-0.39, 0.29) is 10.9 Å². The van der Waals surface area contributed by atoms with E-state index in [0.29, 0.717) is 25.7 Å². The van der Waals surface area contributed by atoms with Crippen LogP contribution in [0.15, 0.2) is 99.6 Å². The summed E-state index contributed by atoms with van der Waals surface area (Å²) in [5.74, 6) is 0. The minimum absolute atomic E-state index is 0.0262. The number of aryl methyl sites for hydroxylation is 1. The zero-order valence-corrected chi connectivity index (χ0v) is 30.1. The lowest BCUT2D eigenvalue weighted by molar-refractivity contribution is -0.0517. The van der Waals surface area contributed by atoms with Gasteiger partial charge >= 0.3 is 9.88 Å². The normalized spacial score (nSPS) is 16.4. The van der Waals surface area contributed by atoms with Crippen LogP contribution < -0.4 is 0 Å². The predicted octanol–water partition coefficient (Wildman–Crippen LogP) is 7.21. The molecular formula is C33H39F3N2O7S4. The monoisotopic (exact) mass is 760 g/mol. The van der Waals surface area contributed by atoms with E-state index < -0.39 is 50.2 Å². The number of hydrogen-bond donors (Lipinski definition) is 0. The van der Waals surface area contributed by atoms with Gasteiger partial charge in [0.25, 0.3) is 19.7 Å². The van der Waals surface area contributed by atoms with Crippen LogP contribution in [-0.4, -0.2) is 55.0 Å². The van der Waals surface area contributed by atoms with E-state index in [1.54, 1.807) is 0 Å². The van der Waals surface area contributed by atoms with Gasteiger partial charge in [-0.3, -0.25) is 0 Å². The van der Waals surface area contributed by atoms with Gasteiger partial charge in [0.1, 0.15) is 0 Å². The molecule has 0 aromatic heterocycles. The molecule has 0 spiro atoms. The van der Waals surface area contributed by atoms with Crippen molar-refractivity contribution in [3.8, 4) is 0 Å². The molecule has 2 fully saturated rings. The maximum absolute atomic E-state index is 12.5. The van der Waals surface area contributed by atoms with Gasteiger partial charge in [0.05, 0.1) is 21.4 Å². The fraction of sp³-hybridized carbons (Fsp3) is 0.424. The van der Waals surface area contributed by atoms with Crippen molar-refractivity contribution in [1.29, 1.82) is 0 Å². The number of halogens is 3. The summed E-state index contributed by atoms with van der Waals surface area (Å²) in [5.41, 5.74) is 4.79. The molecule has 2 aliphatic carbocycles. The molecule has 2 saturated carbocycles. The Balaban J connectivity index is 0.000000219. The smallest absolute Gasteiger partial charge is 0.495 e. The van der Waals surface area contributed by atoms with E-state index in [0.717, 1.165) is 38.5 Å². The summed E-state index contributed by atoms with van der Waals surface area (Å²) in [7, 11) is -14.3. The number of rotatable bonds is 5. The zero-order chi connectivity index (χ0) is 36.3. The van der Waals surface area contributed by atoms with Crippen molar-refractivity contribution in [1.82, 2.24) is 0 Å². The zero-order valence-electron chi connectivity index (χ0n) is 26.8. The van der Waals surface area contributed by atoms with Crippen LogP contribution in [-0.2, 0) is 40.7 Å². The van der Waals surface area contributed by atoms with E-state index in [2.05, 4.69) is 96.6 Å². The molecule has 3 aromatic rings. The highest BCUT2D eigenvalue weighted by molar-refractivity contribution is 8.31. The van der Waals surface area contributed by atoms with Gasteiger partial charge in [-0.2, -0.15) is 13.2 Å². The molecule has 0 bridgehead atoms. The second kappa shape index (κ2) is 17.8. The maximum atomic E-state index is 12.5. The Morgan fingerprint density at radius 1 is 0.673 bits per heavy atom. The first-order chi connectivity index (χ1) is 23.0. The van der Waals surface area contributed by atoms with Gasteiger partial charge < -0.3 is 10.1 Å². The Morgan fingerprint density at radius 2 is 1.02 bits per heavy atom. The van der Waals surface area contributed by atoms with Gasteiger partial charge in [0.2, 0.25) is 0 Å². The van der Waals surface area contributed by atoms with Crippen LogP contribution in [0.1, 0.15) is 69.8 Å². The van der Waals surface area contributed by atoms with Crippen LogP contribution in [0.2, 0.25) is 0 Å². The van der Waals surface area contributed by atoms with E-state index in [1.165, 1.54) is 20.2 Å². The predicted molar refractivity (Wildman–Crippen MR) is 182 cm³/mol. The molecule has 0 atom stereocenters. The summed E-state index contributed by atoms with van der Waals surface area (Å²) in [6, 6.07) is 30.2. The Hall–Kier alpha value is -3.01. The van der Waals surface area contributed by atoms with Crippen LogP contribution in [0, 0.1) is 6.92 Å². The topological polar surface area (TPSA) is 162 Å². The second-order valence-corrected chi connectivity index (χ2v) is 19.5. The molecule has 0 N–H and O–H groups in total. The van der Waals surface area contributed by atoms with Crippen LogP contribution in [0.4, 0.5) is 13.2 Å². The molecule has 0 heterocycles. The maximum Gasteiger partial charge on any atom is 0.495 e. The van der Waals surface area contributed by atoms with Crippen LogP contribution in [0.3, 0.4) is 0 Å². The first kappa shape index (κ1) is 40.4.